The summed E-state index contributed by atoms with van der Waals surface area (Å²) in [5, 5.41) is 8.16. The van der Waals surface area contributed by atoms with Gasteiger partial charge in [0.05, 0.1) is 12.6 Å². The number of piperidine rings is 1. The Morgan fingerprint density at radius 3 is 2.79 bits per heavy atom. The van der Waals surface area contributed by atoms with E-state index in [1.165, 1.54) is 0 Å². The standard InChI is InChI=1S/C9H17N3O2/c1-10-8(13)6-12-9(14)7-4-2-3-5-11-7/h7,11H,2-6H2,1H3,(H,10,13)(H,12,14)/t7-/m1/s1. The number of hydrogen-bond donors (Lipinski definition) is 3. The van der Waals surface area contributed by atoms with Gasteiger partial charge < -0.3 is 16.0 Å². The van der Waals surface area contributed by atoms with Gasteiger partial charge in [-0.2, -0.15) is 0 Å². The van der Waals surface area contributed by atoms with E-state index < -0.39 is 0 Å². The van der Waals surface area contributed by atoms with Gasteiger partial charge in [-0.05, 0) is 19.4 Å². The summed E-state index contributed by atoms with van der Waals surface area (Å²) in [4.78, 5) is 22.3. The van der Waals surface area contributed by atoms with Crippen LogP contribution < -0.4 is 16.0 Å². The Morgan fingerprint density at radius 1 is 1.43 bits per heavy atom. The van der Waals surface area contributed by atoms with Crippen molar-refractivity contribution in [1.29, 1.82) is 0 Å². The maximum Gasteiger partial charge on any atom is 0.239 e. The molecule has 1 rings (SSSR count). The van der Waals surface area contributed by atoms with Crippen LogP contribution in [-0.4, -0.2) is 38.0 Å². The molecule has 0 aromatic carbocycles. The monoisotopic (exact) mass is 199 g/mol. The van der Waals surface area contributed by atoms with Crippen molar-refractivity contribution in [2.45, 2.75) is 25.3 Å². The second kappa shape index (κ2) is 5.59. The number of hydrogen-bond acceptors (Lipinski definition) is 3. The molecular formula is C9H17N3O2. The molecule has 1 aliphatic heterocycles. The van der Waals surface area contributed by atoms with Crippen LogP contribution in [0.1, 0.15) is 19.3 Å². The first-order valence-corrected chi connectivity index (χ1v) is 4.95. The molecule has 80 valence electrons. The molecule has 5 nitrogen and oxygen atoms in total. The number of nitrogens with one attached hydrogen (secondary N) is 3. The third-order valence-corrected chi connectivity index (χ3v) is 2.33. The minimum atomic E-state index is -0.172. The van der Waals surface area contributed by atoms with Crippen LogP contribution in [0.2, 0.25) is 0 Å². The Balaban J connectivity index is 2.23. The molecule has 5 heteroatoms. The largest absolute Gasteiger partial charge is 0.358 e. The van der Waals surface area contributed by atoms with Crippen molar-refractivity contribution in [3.05, 3.63) is 0 Å². The van der Waals surface area contributed by atoms with E-state index in [-0.39, 0.29) is 24.4 Å². The Bertz CT molecular complexity index is 212. The summed E-state index contributed by atoms with van der Waals surface area (Å²) >= 11 is 0. The molecule has 0 spiro atoms. The summed E-state index contributed by atoms with van der Waals surface area (Å²) in [6, 6.07) is -0.117. The lowest BCUT2D eigenvalue weighted by molar-refractivity contribution is -0.127. The van der Waals surface area contributed by atoms with E-state index in [1.54, 1.807) is 7.05 Å². The van der Waals surface area contributed by atoms with Gasteiger partial charge in [-0.15, -0.1) is 0 Å². The summed E-state index contributed by atoms with van der Waals surface area (Å²) < 4.78 is 0. The van der Waals surface area contributed by atoms with Crippen LogP contribution in [0.25, 0.3) is 0 Å². The Kier molecular flexibility index (Phi) is 4.39. The molecule has 0 aromatic heterocycles. The molecule has 1 atom stereocenters. The lowest BCUT2D eigenvalue weighted by Gasteiger charge is -2.22. The fourth-order valence-electron chi connectivity index (χ4n) is 1.45. The molecule has 1 saturated heterocycles. The minimum Gasteiger partial charge on any atom is -0.358 e. The summed E-state index contributed by atoms with van der Waals surface area (Å²) in [6.45, 7) is 0.950. The highest BCUT2D eigenvalue weighted by Crippen LogP contribution is 2.06. The van der Waals surface area contributed by atoms with Gasteiger partial charge in [-0.25, -0.2) is 0 Å². The first-order chi connectivity index (χ1) is 6.74. The zero-order valence-electron chi connectivity index (χ0n) is 8.43. The van der Waals surface area contributed by atoms with Gasteiger partial charge in [-0.1, -0.05) is 6.42 Å². The molecule has 1 heterocycles. The van der Waals surface area contributed by atoms with Gasteiger partial charge in [0.1, 0.15) is 0 Å². The van der Waals surface area contributed by atoms with Crippen LogP contribution in [0, 0.1) is 0 Å². The average Bonchev–Trinajstić information content (AvgIpc) is 2.26. The third kappa shape index (κ3) is 3.33. The van der Waals surface area contributed by atoms with E-state index in [2.05, 4.69) is 16.0 Å². The topological polar surface area (TPSA) is 70.2 Å². The Labute approximate surface area is 83.6 Å². The van der Waals surface area contributed by atoms with E-state index in [0.29, 0.717) is 0 Å². The smallest absolute Gasteiger partial charge is 0.239 e. The molecule has 1 fully saturated rings. The second-order valence-corrected chi connectivity index (χ2v) is 3.39. The molecular weight excluding hydrogens is 182 g/mol. The average molecular weight is 199 g/mol. The molecule has 2 amide bonds. The Morgan fingerprint density at radius 2 is 2.21 bits per heavy atom. The minimum absolute atomic E-state index is 0.0630. The van der Waals surface area contributed by atoms with E-state index >= 15 is 0 Å². The van der Waals surface area contributed by atoms with Crippen molar-refractivity contribution >= 4 is 11.8 Å². The molecule has 1 aliphatic rings. The normalized spacial score (nSPS) is 21.4. The number of carbonyl (C=O) groups is 2. The van der Waals surface area contributed by atoms with Crippen molar-refractivity contribution in [2.24, 2.45) is 0 Å². The quantitative estimate of drug-likeness (QED) is 0.545. The van der Waals surface area contributed by atoms with Crippen molar-refractivity contribution in [3.8, 4) is 0 Å². The van der Waals surface area contributed by atoms with Gasteiger partial charge in [0.25, 0.3) is 0 Å². The lowest BCUT2D eigenvalue weighted by Crippen LogP contribution is -2.48. The third-order valence-electron chi connectivity index (χ3n) is 2.33. The van der Waals surface area contributed by atoms with E-state index in [9.17, 15) is 9.59 Å². The maximum absolute atomic E-state index is 11.5. The summed E-state index contributed by atoms with van der Waals surface area (Å²) in [5.41, 5.74) is 0. The van der Waals surface area contributed by atoms with Crippen LogP contribution >= 0.6 is 0 Å². The zero-order valence-corrected chi connectivity index (χ0v) is 8.43. The first kappa shape index (κ1) is 11.0. The van der Waals surface area contributed by atoms with Crippen LogP contribution in [0.15, 0.2) is 0 Å². The zero-order chi connectivity index (χ0) is 10.4. The number of amides is 2. The highest BCUT2D eigenvalue weighted by molar-refractivity contribution is 5.87. The lowest BCUT2D eigenvalue weighted by atomic mass is 10.0. The summed E-state index contributed by atoms with van der Waals surface area (Å²) in [5.74, 6) is -0.248. The molecule has 3 N–H and O–H groups in total. The van der Waals surface area contributed by atoms with E-state index in [4.69, 9.17) is 0 Å². The molecule has 0 bridgehead atoms. The van der Waals surface area contributed by atoms with E-state index in [0.717, 1.165) is 25.8 Å². The number of rotatable bonds is 3. The first-order valence-electron chi connectivity index (χ1n) is 4.95. The fourth-order valence-corrected chi connectivity index (χ4v) is 1.45. The van der Waals surface area contributed by atoms with Gasteiger partial charge in [0.15, 0.2) is 0 Å². The highest BCUT2D eigenvalue weighted by atomic mass is 16.2. The molecule has 0 unspecified atom stereocenters. The predicted molar refractivity (Wildman–Crippen MR) is 52.7 cm³/mol. The molecule has 0 aromatic rings. The SMILES string of the molecule is CNC(=O)CNC(=O)[C@H]1CCCCN1. The van der Waals surface area contributed by atoms with Crippen LogP contribution in [0.3, 0.4) is 0 Å². The van der Waals surface area contributed by atoms with Crippen molar-refractivity contribution in [3.63, 3.8) is 0 Å². The van der Waals surface area contributed by atoms with Gasteiger partial charge in [-0.3, -0.25) is 9.59 Å². The summed E-state index contributed by atoms with van der Waals surface area (Å²) in [6.07, 6.45) is 3.06. The van der Waals surface area contributed by atoms with Gasteiger partial charge in [0, 0.05) is 7.05 Å². The molecule has 0 saturated carbocycles. The van der Waals surface area contributed by atoms with Crippen molar-refractivity contribution < 1.29 is 9.59 Å². The molecule has 14 heavy (non-hydrogen) atoms. The van der Waals surface area contributed by atoms with Crippen LogP contribution in [0.5, 0.6) is 0 Å². The highest BCUT2D eigenvalue weighted by Gasteiger charge is 2.20. The summed E-state index contributed by atoms with van der Waals surface area (Å²) in [7, 11) is 1.55. The fraction of sp³-hybridized carbons (Fsp3) is 0.778. The predicted octanol–water partition coefficient (Wildman–Crippen LogP) is -1.01. The van der Waals surface area contributed by atoms with Crippen LogP contribution in [0.4, 0.5) is 0 Å². The number of likely N-dealkylation sites (N-methyl/N-ethyl adjacent to an activating group) is 1. The van der Waals surface area contributed by atoms with Gasteiger partial charge in [0.2, 0.25) is 11.8 Å². The second-order valence-electron chi connectivity index (χ2n) is 3.39. The molecule has 0 radical (unpaired) electrons. The van der Waals surface area contributed by atoms with Crippen LogP contribution in [-0.2, 0) is 9.59 Å². The molecule has 0 aliphatic carbocycles. The van der Waals surface area contributed by atoms with E-state index in [1.807, 2.05) is 0 Å². The van der Waals surface area contributed by atoms with Crippen molar-refractivity contribution in [2.75, 3.05) is 20.1 Å². The number of carbonyl (C=O) groups excluding carboxylic acids is 2. The van der Waals surface area contributed by atoms with Gasteiger partial charge >= 0.3 is 0 Å². The Hall–Kier alpha value is -1.10. The van der Waals surface area contributed by atoms with Crippen molar-refractivity contribution in [1.82, 2.24) is 16.0 Å². The maximum atomic E-state index is 11.5.